The molecule has 1 aliphatic rings. The fraction of sp³-hybridized carbons (Fsp3) is 0.444. The van der Waals surface area contributed by atoms with Gasteiger partial charge >= 0.3 is 0 Å². The quantitative estimate of drug-likeness (QED) is 0.817. The number of likely N-dealkylation sites (N-methyl/N-ethyl adjacent to an activating group) is 1. The highest BCUT2D eigenvalue weighted by molar-refractivity contribution is 5.92. The average Bonchev–Trinajstić information content (AvgIpc) is 3.31. The van der Waals surface area contributed by atoms with Crippen LogP contribution in [0.25, 0.3) is 5.69 Å². The van der Waals surface area contributed by atoms with Crippen molar-refractivity contribution in [2.24, 2.45) is 0 Å². The lowest BCUT2D eigenvalue weighted by atomic mass is 10.2. The molecule has 0 aliphatic carbocycles. The molecule has 1 aromatic carbocycles. The topological polar surface area (TPSA) is 56.6 Å². The Hall–Kier alpha value is -2.34. The van der Waals surface area contributed by atoms with Crippen LogP contribution in [-0.4, -0.2) is 53.5 Å². The van der Waals surface area contributed by atoms with Gasteiger partial charge in [-0.2, -0.15) is 5.10 Å². The molecule has 0 N–H and O–H groups in total. The predicted octanol–water partition coefficient (Wildman–Crippen LogP) is 2.52. The van der Waals surface area contributed by atoms with Crippen LogP contribution in [0.3, 0.4) is 0 Å². The second-order valence-electron chi connectivity index (χ2n) is 5.82. The van der Waals surface area contributed by atoms with Crippen molar-refractivity contribution < 1.29 is 14.3 Å². The van der Waals surface area contributed by atoms with E-state index in [0.717, 1.165) is 30.9 Å². The van der Waals surface area contributed by atoms with Gasteiger partial charge in [-0.1, -0.05) is 0 Å². The van der Waals surface area contributed by atoms with E-state index in [-0.39, 0.29) is 12.0 Å². The van der Waals surface area contributed by atoms with Crippen molar-refractivity contribution in [3.63, 3.8) is 0 Å². The fourth-order valence-electron chi connectivity index (χ4n) is 2.87. The maximum atomic E-state index is 12.7. The average molecular weight is 329 g/mol. The largest absolute Gasteiger partial charge is 0.497 e. The highest BCUT2D eigenvalue weighted by atomic mass is 16.5. The van der Waals surface area contributed by atoms with E-state index in [1.54, 1.807) is 29.0 Å². The molecule has 2 heterocycles. The lowest BCUT2D eigenvalue weighted by Crippen LogP contribution is -2.37. The zero-order valence-corrected chi connectivity index (χ0v) is 14.1. The number of aromatic nitrogens is 2. The highest BCUT2D eigenvalue weighted by Crippen LogP contribution is 2.17. The summed E-state index contributed by atoms with van der Waals surface area (Å²) in [5.41, 5.74) is 1.34. The summed E-state index contributed by atoms with van der Waals surface area (Å²) in [5, 5.41) is 4.42. The zero-order valence-electron chi connectivity index (χ0n) is 14.1. The molecule has 1 aliphatic heterocycles. The summed E-state index contributed by atoms with van der Waals surface area (Å²) in [5.74, 6) is 0.733. The van der Waals surface area contributed by atoms with Gasteiger partial charge in [-0.25, -0.2) is 4.68 Å². The number of hydrogen-bond donors (Lipinski definition) is 0. The molecule has 1 atom stereocenters. The molecule has 6 nitrogen and oxygen atoms in total. The molecule has 1 aromatic heterocycles. The number of carbonyl (C=O) groups excluding carboxylic acids is 1. The molecular weight excluding hydrogens is 306 g/mol. The number of amides is 1. The molecule has 1 saturated heterocycles. The van der Waals surface area contributed by atoms with Gasteiger partial charge in [-0.3, -0.25) is 4.79 Å². The van der Waals surface area contributed by atoms with Crippen LogP contribution in [0.15, 0.2) is 36.5 Å². The summed E-state index contributed by atoms with van der Waals surface area (Å²) >= 11 is 0. The molecule has 0 bridgehead atoms. The van der Waals surface area contributed by atoms with Crippen LogP contribution in [0.1, 0.15) is 30.3 Å². The van der Waals surface area contributed by atoms with Crippen molar-refractivity contribution in [1.82, 2.24) is 14.7 Å². The first kappa shape index (κ1) is 16.5. The molecule has 3 rings (SSSR count). The van der Waals surface area contributed by atoms with Crippen molar-refractivity contribution in [3.05, 3.63) is 42.2 Å². The number of hydrogen-bond acceptors (Lipinski definition) is 4. The van der Waals surface area contributed by atoms with Crippen LogP contribution in [0.5, 0.6) is 5.75 Å². The van der Waals surface area contributed by atoms with Gasteiger partial charge in [0, 0.05) is 25.9 Å². The minimum atomic E-state index is -0.0553. The normalized spacial score (nSPS) is 17.0. The van der Waals surface area contributed by atoms with Gasteiger partial charge in [0.25, 0.3) is 5.91 Å². The van der Waals surface area contributed by atoms with Gasteiger partial charge in [0.15, 0.2) is 5.69 Å². The molecule has 1 fully saturated rings. The van der Waals surface area contributed by atoms with E-state index in [9.17, 15) is 4.79 Å². The summed E-state index contributed by atoms with van der Waals surface area (Å²) in [4.78, 5) is 14.5. The summed E-state index contributed by atoms with van der Waals surface area (Å²) in [6.45, 7) is 4.05. The molecule has 128 valence electrons. The first-order valence-electron chi connectivity index (χ1n) is 8.32. The standard InChI is InChI=1S/C18H23N3O3/c1-3-20(13-16-5-4-12-24-16)18(22)17-10-11-21(19-17)14-6-8-15(23-2)9-7-14/h6-11,16H,3-5,12-13H2,1-2H3. The molecule has 1 unspecified atom stereocenters. The van der Waals surface area contributed by atoms with E-state index in [2.05, 4.69) is 5.10 Å². The van der Waals surface area contributed by atoms with Gasteiger partial charge in [-0.15, -0.1) is 0 Å². The molecule has 0 saturated carbocycles. The third-order valence-electron chi connectivity index (χ3n) is 4.26. The SMILES string of the molecule is CCN(CC1CCCO1)C(=O)c1ccn(-c2ccc(OC)cc2)n1. The smallest absolute Gasteiger partial charge is 0.274 e. The Morgan fingerprint density at radius 3 is 2.79 bits per heavy atom. The number of carbonyl (C=O) groups is 1. The number of benzene rings is 1. The van der Waals surface area contributed by atoms with E-state index >= 15 is 0 Å². The maximum absolute atomic E-state index is 12.7. The molecule has 24 heavy (non-hydrogen) atoms. The first-order valence-corrected chi connectivity index (χ1v) is 8.32. The van der Waals surface area contributed by atoms with Crippen LogP contribution in [-0.2, 0) is 4.74 Å². The zero-order chi connectivity index (χ0) is 16.9. The van der Waals surface area contributed by atoms with Crippen molar-refractivity contribution in [1.29, 1.82) is 0 Å². The molecule has 1 amide bonds. The fourth-order valence-corrected chi connectivity index (χ4v) is 2.87. The molecular formula is C18H23N3O3. The maximum Gasteiger partial charge on any atom is 0.274 e. The van der Waals surface area contributed by atoms with Crippen molar-refractivity contribution in [3.8, 4) is 11.4 Å². The van der Waals surface area contributed by atoms with Crippen molar-refractivity contribution >= 4 is 5.91 Å². The lowest BCUT2D eigenvalue weighted by Gasteiger charge is -2.23. The van der Waals surface area contributed by atoms with Crippen LogP contribution >= 0.6 is 0 Å². The number of ether oxygens (including phenoxy) is 2. The van der Waals surface area contributed by atoms with Crippen molar-refractivity contribution in [2.75, 3.05) is 26.8 Å². The number of nitrogens with zero attached hydrogens (tertiary/aromatic N) is 3. The molecule has 0 radical (unpaired) electrons. The minimum Gasteiger partial charge on any atom is -0.497 e. The van der Waals surface area contributed by atoms with Crippen LogP contribution in [0, 0.1) is 0 Å². The summed E-state index contributed by atoms with van der Waals surface area (Å²) in [7, 11) is 1.63. The Morgan fingerprint density at radius 2 is 2.17 bits per heavy atom. The van der Waals surface area contributed by atoms with Gasteiger partial charge in [0.2, 0.25) is 0 Å². The van der Waals surface area contributed by atoms with E-state index < -0.39 is 0 Å². The Morgan fingerprint density at radius 1 is 1.38 bits per heavy atom. The molecule has 0 spiro atoms. The van der Waals surface area contributed by atoms with E-state index in [4.69, 9.17) is 9.47 Å². The van der Waals surface area contributed by atoms with Gasteiger partial charge in [0.1, 0.15) is 5.75 Å². The van der Waals surface area contributed by atoms with Crippen LogP contribution in [0.4, 0.5) is 0 Å². The monoisotopic (exact) mass is 329 g/mol. The van der Waals surface area contributed by atoms with Gasteiger partial charge < -0.3 is 14.4 Å². The highest BCUT2D eigenvalue weighted by Gasteiger charge is 2.23. The number of methoxy groups -OCH3 is 1. The van der Waals surface area contributed by atoms with Crippen LogP contribution in [0.2, 0.25) is 0 Å². The number of rotatable bonds is 6. The Kier molecular flexibility index (Phi) is 5.15. The summed E-state index contributed by atoms with van der Waals surface area (Å²) in [6, 6.07) is 9.31. The second-order valence-corrected chi connectivity index (χ2v) is 5.82. The van der Waals surface area contributed by atoms with E-state index in [1.165, 1.54) is 0 Å². The predicted molar refractivity (Wildman–Crippen MR) is 90.7 cm³/mol. The van der Waals surface area contributed by atoms with E-state index in [1.807, 2.05) is 31.2 Å². The first-order chi connectivity index (χ1) is 11.7. The third kappa shape index (κ3) is 3.59. The third-order valence-corrected chi connectivity index (χ3v) is 4.26. The Labute approximate surface area is 142 Å². The van der Waals surface area contributed by atoms with Gasteiger partial charge in [0.05, 0.1) is 18.9 Å². The molecule has 6 heteroatoms. The summed E-state index contributed by atoms with van der Waals surface area (Å²) < 4.78 is 12.5. The Balaban J connectivity index is 1.71. The minimum absolute atomic E-state index is 0.0553. The second kappa shape index (κ2) is 7.49. The van der Waals surface area contributed by atoms with Crippen molar-refractivity contribution in [2.45, 2.75) is 25.9 Å². The lowest BCUT2D eigenvalue weighted by molar-refractivity contribution is 0.0534. The molecule has 2 aromatic rings. The van der Waals surface area contributed by atoms with Gasteiger partial charge in [-0.05, 0) is 50.1 Å². The van der Waals surface area contributed by atoms with E-state index in [0.29, 0.717) is 18.8 Å². The summed E-state index contributed by atoms with van der Waals surface area (Å²) in [6.07, 6.45) is 4.04. The Bertz CT molecular complexity index is 675. The van der Waals surface area contributed by atoms with Crippen LogP contribution < -0.4 is 4.74 Å².